The van der Waals surface area contributed by atoms with E-state index in [2.05, 4.69) is 5.32 Å². The van der Waals surface area contributed by atoms with E-state index in [4.69, 9.17) is 0 Å². The first-order chi connectivity index (χ1) is 11.7. The van der Waals surface area contributed by atoms with Gasteiger partial charge in [-0.3, -0.25) is 9.59 Å². The maximum atomic E-state index is 12.8. The lowest BCUT2D eigenvalue weighted by molar-refractivity contribution is -0.132. The molecule has 1 atom stereocenters. The van der Waals surface area contributed by atoms with Crippen molar-refractivity contribution in [3.63, 3.8) is 0 Å². The molecule has 124 valence electrons. The topological polar surface area (TPSA) is 49.4 Å². The Hall–Kier alpha value is -2.62. The molecule has 0 saturated carbocycles. The van der Waals surface area contributed by atoms with Gasteiger partial charge in [-0.15, -0.1) is 0 Å². The minimum absolute atomic E-state index is 0.0145. The molecule has 0 aromatic heterocycles. The van der Waals surface area contributed by atoms with Gasteiger partial charge in [-0.2, -0.15) is 0 Å². The van der Waals surface area contributed by atoms with Gasteiger partial charge in [-0.05, 0) is 30.5 Å². The zero-order valence-corrected chi connectivity index (χ0v) is 13.7. The molecule has 24 heavy (non-hydrogen) atoms. The summed E-state index contributed by atoms with van der Waals surface area (Å²) in [5.41, 5.74) is 1.62. The Morgan fingerprint density at radius 3 is 2.12 bits per heavy atom. The molecular weight excluding hydrogens is 300 g/mol. The largest absolute Gasteiger partial charge is 0.341 e. The summed E-state index contributed by atoms with van der Waals surface area (Å²) < 4.78 is 0. The Balaban J connectivity index is 1.76. The van der Waals surface area contributed by atoms with E-state index < -0.39 is 6.04 Å². The Bertz CT molecular complexity index is 679. The highest BCUT2D eigenvalue weighted by atomic mass is 16.2. The first kappa shape index (κ1) is 16.2. The summed E-state index contributed by atoms with van der Waals surface area (Å²) in [6.07, 6.45) is 2.58. The summed E-state index contributed by atoms with van der Waals surface area (Å²) in [4.78, 5) is 27.2. The van der Waals surface area contributed by atoms with Gasteiger partial charge in [-0.1, -0.05) is 48.5 Å². The first-order valence-electron chi connectivity index (χ1n) is 8.42. The van der Waals surface area contributed by atoms with Crippen LogP contribution in [0.15, 0.2) is 60.7 Å². The molecule has 0 aliphatic carbocycles. The van der Waals surface area contributed by atoms with Gasteiger partial charge in [0.1, 0.15) is 6.04 Å². The highest BCUT2D eigenvalue weighted by Gasteiger charge is 2.28. The van der Waals surface area contributed by atoms with Crippen LogP contribution in [0.1, 0.15) is 28.8 Å². The summed E-state index contributed by atoms with van der Waals surface area (Å²) in [5.74, 6) is -0.190. The van der Waals surface area contributed by atoms with Crippen molar-refractivity contribution in [2.75, 3.05) is 13.1 Å². The Morgan fingerprint density at radius 1 is 0.917 bits per heavy atom. The lowest BCUT2D eigenvalue weighted by Gasteiger charge is -2.24. The lowest BCUT2D eigenvalue weighted by atomic mass is 10.0. The van der Waals surface area contributed by atoms with E-state index in [1.54, 1.807) is 12.1 Å². The Morgan fingerprint density at radius 2 is 1.50 bits per heavy atom. The number of rotatable bonds is 5. The number of benzene rings is 2. The maximum absolute atomic E-state index is 12.8. The molecule has 4 heteroatoms. The molecule has 2 aromatic rings. The highest BCUT2D eigenvalue weighted by molar-refractivity contribution is 5.97. The van der Waals surface area contributed by atoms with Crippen molar-refractivity contribution in [3.8, 4) is 0 Å². The number of likely N-dealkylation sites (tertiary alicyclic amines) is 1. The van der Waals surface area contributed by atoms with Gasteiger partial charge in [0.2, 0.25) is 5.91 Å². The van der Waals surface area contributed by atoms with Crippen LogP contribution < -0.4 is 5.32 Å². The van der Waals surface area contributed by atoms with Crippen LogP contribution in [-0.4, -0.2) is 35.8 Å². The van der Waals surface area contributed by atoms with E-state index in [1.807, 2.05) is 53.4 Å². The quantitative estimate of drug-likeness (QED) is 0.920. The van der Waals surface area contributed by atoms with Crippen molar-refractivity contribution >= 4 is 11.8 Å². The molecule has 1 fully saturated rings. The normalized spacial score (nSPS) is 15.1. The fraction of sp³-hybridized carbons (Fsp3) is 0.300. The predicted octanol–water partition coefficient (Wildman–Crippen LogP) is 2.65. The Labute approximate surface area is 142 Å². The average Bonchev–Trinajstić information content (AvgIpc) is 3.17. The zero-order chi connectivity index (χ0) is 16.8. The molecule has 1 aliphatic rings. The molecule has 3 rings (SSSR count). The fourth-order valence-electron chi connectivity index (χ4n) is 3.04. The second kappa shape index (κ2) is 7.77. The third kappa shape index (κ3) is 4.02. The molecule has 0 bridgehead atoms. The Kier molecular flexibility index (Phi) is 5.26. The lowest BCUT2D eigenvalue weighted by Crippen LogP contribution is -2.49. The van der Waals surface area contributed by atoms with Crippen LogP contribution in [0.2, 0.25) is 0 Å². The highest BCUT2D eigenvalue weighted by Crippen LogP contribution is 2.13. The monoisotopic (exact) mass is 322 g/mol. The smallest absolute Gasteiger partial charge is 0.251 e. The van der Waals surface area contributed by atoms with E-state index in [0.717, 1.165) is 31.5 Å². The van der Waals surface area contributed by atoms with Crippen LogP contribution in [0.25, 0.3) is 0 Å². The molecule has 1 aliphatic heterocycles. The maximum Gasteiger partial charge on any atom is 0.251 e. The molecular formula is C20H22N2O2. The molecule has 0 radical (unpaired) electrons. The van der Waals surface area contributed by atoms with Crippen molar-refractivity contribution in [2.24, 2.45) is 0 Å². The van der Waals surface area contributed by atoms with Crippen LogP contribution in [0.4, 0.5) is 0 Å². The standard InChI is InChI=1S/C20H22N2O2/c23-19(17-11-5-2-6-12-17)21-18(15-16-9-3-1-4-10-16)20(24)22-13-7-8-14-22/h1-6,9-12,18H,7-8,13-15H2,(H,21,23). The summed E-state index contributed by atoms with van der Waals surface area (Å²) in [5, 5.41) is 2.93. The van der Waals surface area contributed by atoms with Crippen LogP contribution >= 0.6 is 0 Å². The third-order valence-corrected chi connectivity index (χ3v) is 4.34. The number of carbonyl (C=O) groups is 2. The van der Waals surface area contributed by atoms with Crippen molar-refractivity contribution in [3.05, 3.63) is 71.8 Å². The molecule has 0 spiro atoms. The van der Waals surface area contributed by atoms with Crippen LogP contribution in [0.3, 0.4) is 0 Å². The van der Waals surface area contributed by atoms with Gasteiger partial charge >= 0.3 is 0 Å². The van der Waals surface area contributed by atoms with Crippen LogP contribution in [0, 0.1) is 0 Å². The minimum atomic E-state index is -0.529. The SMILES string of the molecule is O=C(NC(Cc1ccccc1)C(=O)N1CCCC1)c1ccccc1. The van der Waals surface area contributed by atoms with E-state index in [1.165, 1.54) is 0 Å². The first-order valence-corrected chi connectivity index (χ1v) is 8.42. The number of nitrogens with one attached hydrogen (secondary N) is 1. The molecule has 1 N–H and O–H groups in total. The van der Waals surface area contributed by atoms with Gasteiger partial charge in [0.25, 0.3) is 5.91 Å². The molecule has 1 unspecified atom stereocenters. The average molecular weight is 322 g/mol. The van der Waals surface area contributed by atoms with Gasteiger partial charge < -0.3 is 10.2 Å². The number of hydrogen-bond donors (Lipinski definition) is 1. The summed E-state index contributed by atoms with van der Waals surface area (Å²) in [6.45, 7) is 1.57. The van der Waals surface area contributed by atoms with Crippen molar-refractivity contribution in [1.29, 1.82) is 0 Å². The minimum Gasteiger partial charge on any atom is -0.341 e. The van der Waals surface area contributed by atoms with E-state index in [9.17, 15) is 9.59 Å². The van der Waals surface area contributed by atoms with E-state index >= 15 is 0 Å². The van der Waals surface area contributed by atoms with Gasteiger partial charge in [-0.25, -0.2) is 0 Å². The summed E-state index contributed by atoms with van der Waals surface area (Å²) in [7, 11) is 0. The van der Waals surface area contributed by atoms with Crippen molar-refractivity contribution in [2.45, 2.75) is 25.3 Å². The molecule has 1 saturated heterocycles. The second-order valence-electron chi connectivity index (χ2n) is 6.11. The number of amides is 2. The molecule has 4 nitrogen and oxygen atoms in total. The summed E-state index contributed by atoms with van der Waals surface area (Å²) >= 11 is 0. The molecule has 2 aromatic carbocycles. The number of carbonyl (C=O) groups excluding carboxylic acids is 2. The molecule has 2 amide bonds. The third-order valence-electron chi connectivity index (χ3n) is 4.34. The number of hydrogen-bond acceptors (Lipinski definition) is 2. The van der Waals surface area contributed by atoms with Crippen molar-refractivity contribution in [1.82, 2.24) is 10.2 Å². The van der Waals surface area contributed by atoms with Crippen LogP contribution in [0.5, 0.6) is 0 Å². The van der Waals surface area contributed by atoms with Crippen LogP contribution in [-0.2, 0) is 11.2 Å². The predicted molar refractivity (Wildman–Crippen MR) is 93.7 cm³/mol. The second-order valence-corrected chi connectivity index (χ2v) is 6.11. The van der Waals surface area contributed by atoms with E-state index in [-0.39, 0.29) is 11.8 Å². The van der Waals surface area contributed by atoms with E-state index in [0.29, 0.717) is 12.0 Å². The van der Waals surface area contributed by atoms with Gasteiger partial charge in [0, 0.05) is 25.1 Å². The molecule has 1 heterocycles. The number of nitrogens with zero attached hydrogens (tertiary/aromatic N) is 1. The van der Waals surface area contributed by atoms with Gasteiger partial charge in [0.15, 0.2) is 0 Å². The zero-order valence-electron chi connectivity index (χ0n) is 13.7. The van der Waals surface area contributed by atoms with Gasteiger partial charge in [0.05, 0.1) is 0 Å². The fourth-order valence-corrected chi connectivity index (χ4v) is 3.04. The van der Waals surface area contributed by atoms with Crippen molar-refractivity contribution < 1.29 is 9.59 Å². The summed E-state index contributed by atoms with van der Waals surface area (Å²) in [6, 6.07) is 18.3.